The Bertz CT molecular complexity index is 1400. The summed E-state index contributed by atoms with van der Waals surface area (Å²) in [6.07, 6.45) is 0. The summed E-state index contributed by atoms with van der Waals surface area (Å²) in [4.78, 5) is 2.03. The maximum atomic E-state index is 6.09. The molecule has 0 spiro atoms. The van der Waals surface area contributed by atoms with Gasteiger partial charge in [0, 0.05) is 15.5 Å². The molecule has 0 aromatic heterocycles. The van der Waals surface area contributed by atoms with E-state index in [1.54, 1.807) is 11.8 Å². The van der Waals surface area contributed by atoms with Gasteiger partial charge in [-0.25, -0.2) is 0 Å². The van der Waals surface area contributed by atoms with Crippen molar-refractivity contribution in [3.8, 4) is 22.3 Å². The zero-order chi connectivity index (χ0) is 21.9. The van der Waals surface area contributed by atoms with Gasteiger partial charge in [0.05, 0.1) is 0 Å². The van der Waals surface area contributed by atoms with E-state index >= 15 is 0 Å². The molecule has 0 bridgehead atoms. The molecule has 154 valence electrons. The standard InChI is InChI=1S/C30H23NS/c1-21(32-30-10-6-5-9-29(30)31)25-15-16-28-20-26(17-18-27(28)19-25)24-13-11-23(12-14-24)22-7-3-2-4-8-22/h2-20H,1,31H2. The molecular weight excluding hydrogens is 406 g/mol. The normalized spacial score (nSPS) is 10.9. The highest BCUT2D eigenvalue weighted by molar-refractivity contribution is 8.08. The molecule has 0 fully saturated rings. The molecule has 2 heteroatoms. The lowest BCUT2D eigenvalue weighted by molar-refractivity contribution is 1.47. The number of nitrogens with two attached hydrogens (primary N) is 1. The summed E-state index contributed by atoms with van der Waals surface area (Å²) in [5, 5.41) is 2.42. The van der Waals surface area contributed by atoms with E-state index in [-0.39, 0.29) is 0 Å². The zero-order valence-electron chi connectivity index (χ0n) is 17.7. The number of fused-ring (bicyclic) bond motifs is 1. The first-order chi connectivity index (χ1) is 15.7. The molecule has 0 aliphatic rings. The van der Waals surface area contributed by atoms with Crippen LogP contribution in [0.3, 0.4) is 0 Å². The van der Waals surface area contributed by atoms with Gasteiger partial charge >= 0.3 is 0 Å². The molecule has 0 aliphatic carbocycles. The van der Waals surface area contributed by atoms with Crippen LogP contribution in [0.5, 0.6) is 0 Å². The van der Waals surface area contributed by atoms with E-state index < -0.39 is 0 Å². The van der Waals surface area contributed by atoms with Gasteiger partial charge < -0.3 is 5.73 Å². The highest BCUT2D eigenvalue weighted by Gasteiger charge is 2.07. The fourth-order valence-corrected chi connectivity index (χ4v) is 4.69. The lowest BCUT2D eigenvalue weighted by Crippen LogP contribution is -1.88. The third kappa shape index (κ3) is 4.18. The van der Waals surface area contributed by atoms with Crippen molar-refractivity contribution in [2.75, 3.05) is 5.73 Å². The molecule has 0 saturated heterocycles. The zero-order valence-corrected chi connectivity index (χ0v) is 18.5. The van der Waals surface area contributed by atoms with Crippen LogP contribution >= 0.6 is 11.8 Å². The fourth-order valence-electron chi connectivity index (χ4n) is 3.85. The molecule has 0 aliphatic heterocycles. The Labute approximate surface area is 193 Å². The highest BCUT2D eigenvalue weighted by Crippen LogP contribution is 2.37. The molecule has 5 aromatic carbocycles. The maximum absolute atomic E-state index is 6.09. The van der Waals surface area contributed by atoms with Crippen molar-refractivity contribution in [1.82, 2.24) is 0 Å². The van der Waals surface area contributed by atoms with E-state index in [2.05, 4.69) is 91.5 Å². The molecule has 5 aromatic rings. The summed E-state index contributed by atoms with van der Waals surface area (Å²) in [5.41, 5.74) is 12.9. The van der Waals surface area contributed by atoms with Crippen LogP contribution < -0.4 is 5.73 Å². The average molecular weight is 430 g/mol. The van der Waals surface area contributed by atoms with E-state index in [4.69, 9.17) is 5.73 Å². The molecule has 0 radical (unpaired) electrons. The number of anilines is 1. The largest absolute Gasteiger partial charge is 0.398 e. The van der Waals surface area contributed by atoms with Crippen LogP contribution in [0, 0.1) is 0 Å². The quantitative estimate of drug-likeness (QED) is 0.224. The summed E-state index contributed by atoms with van der Waals surface area (Å²) in [7, 11) is 0. The van der Waals surface area contributed by atoms with E-state index in [0.717, 1.165) is 21.1 Å². The Morgan fingerprint density at radius 1 is 0.562 bits per heavy atom. The van der Waals surface area contributed by atoms with Gasteiger partial charge in [0.15, 0.2) is 0 Å². The van der Waals surface area contributed by atoms with Crippen LogP contribution in [-0.2, 0) is 0 Å². The van der Waals surface area contributed by atoms with Gasteiger partial charge in [0.1, 0.15) is 0 Å². The van der Waals surface area contributed by atoms with Crippen molar-refractivity contribution in [2.45, 2.75) is 4.90 Å². The smallest absolute Gasteiger partial charge is 0.0455 e. The van der Waals surface area contributed by atoms with Crippen LogP contribution in [0.15, 0.2) is 127 Å². The summed E-state index contributed by atoms with van der Waals surface area (Å²) in [6, 6.07) is 40.3. The highest BCUT2D eigenvalue weighted by atomic mass is 32.2. The molecule has 0 saturated carbocycles. The van der Waals surface area contributed by atoms with Gasteiger partial charge in [-0.05, 0) is 62.9 Å². The summed E-state index contributed by atoms with van der Waals surface area (Å²) in [5.74, 6) is 0. The predicted octanol–water partition coefficient (Wildman–Crippen LogP) is 8.52. The maximum Gasteiger partial charge on any atom is 0.0455 e. The number of hydrogen-bond donors (Lipinski definition) is 1. The van der Waals surface area contributed by atoms with Crippen LogP contribution in [0.1, 0.15) is 5.56 Å². The van der Waals surface area contributed by atoms with Crippen molar-refractivity contribution >= 4 is 33.1 Å². The number of nitrogen functional groups attached to an aromatic ring is 1. The number of rotatable bonds is 5. The minimum absolute atomic E-state index is 0.780. The van der Waals surface area contributed by atoms with Crippen molar-refractivity contribution in [3.63, 3.8) is 0 Å². The summed E-state index contributed by atoms with van der Waals surface area (Å²) < 4.78 is 0. The van der Waals surface area contributed by atoms with Crippen LogP contribution in [0.25, 0.3) is 37.9 Å². The topological polar surface area (TPSA) is 26.0 Å². The van der Waals surface area contributed by atoms with E-state index in [1.807, 2.05) is 30.3 Å². The number of para-hydroxylation sites is 1. The van der Waals surface area contributed by atoms with Crippen molar-refractivity contribution in [3.05, 3.63) is 127 Å². The SMILES string of the molecule is C=C(Sc1ccccc1N)c1ccc2cc(-c3ccc(-c4ccccc4)cc3)ccc2c1. The van der Waals surface area contributed by atoms with Gasteiger partial charge in [-0.1, -0.05) is 109 Å². The first-order valence-corrected chi connectivity index (χ1v) is 11.4. The van der Waals surface area contributed by atoms with Crippen molar-refractivity contribution < 1.29 is 0 Å². The average Bonchev–Trinajstić information content (AvgIpc) is 2.85. The molecule has 0 unspecified atom stereocenters. The molecule has 0 atom stereocenters. The van der Waals surface area contributed by atoms with Crippen molar-refractivity contribution in [1.29, 1.82) is 0 Å². The number of hydrogen-bond acceptors (Lipinski definition) is 2. The van der Waals surface area contributed by atoms with Crippen LogP contribution in [-0.4, -0.2) is 0 Å². The third-order valence-electron chi connectivity index (χ3n) is 5.64. The third-order valence-corrected chi connectivity index (χ3v) is 6.71. The lowest BCUT2D eigenvalue weighted by atomic mass is 9.98. The van der Waals surface area contributed by atoms with Crippen LogP contribution in [0.2, 0.25) is 0 Å². The fraction of sp³-hybridized carbons (Fsp3) is 0. The van der Waals surface area contributed by atoms with Crippen molar-refractivity contribution in [2.24, 2.45) is 0 Å². The Morgan fingerprint density at radius 3 is 1.88 bits per heavy atom. The summed E-state index contributed by atoms with van der Waals surface area (Å²) in [6.45, 7) is 4.27. The second-order valence-electron chi connectivity index (χ2n) is 7.78. The minimum Gasteiger partial charge on any atom is -0.398 e. The molecule has 2 N–H and O–H groups in total. The van der Waals surface area contributed by atoms with Gasteiger partial charge in [0.2, 0.25) is 0 Å². The number of thioether (sulfide) groups is 1. The Kier molecular flexibility index (Phi) is 5.53. The monoisotopic (exact) mass is 429 g/mol. The molecule has 32 heavy (non-hydrogen) atoms. The van der Waals surface area contributed by atoms with E-state index in [0.29, 0.717) is 0 Å². The molecule has 1 nitrogen and oxygen atoms in total. The molecule has 5 rings (SSSR count). The Balaban J connectivity index is 1.39. The Morgan fingerprint density at radius 2 is 1.12 bits per heavy atom. The molecule has 0 heterocycles. The second-order valence-corrected chi connectivity index (χ2v) is 8.92. The van der Waals surface area contributed by atoms with Crippen LogP contribution in [0.4, 0.5) is 5.69 Å². The van der Waals surface area contributed by atoms with Gasteiger partial charge in [-0.15, -0.1) is 0 Å². The minimum atomic E-state index is 0.780. The molecule has 0 amide bonds. The summed E-state index contributed by atoms with van der Waals surface area (Å²) >= 11 is 1.61. The molecular formula is C30H23NS. The lowest BCUT2D eigenvalue weighted by Gasteiger charge is -2.10. The Hall–Kier alpha value is -3.75. The van der Waals surface area contributed by atoms with E-state index in [1.165, 1.54) is 33.0 Å². The first kappa shape index (κ1) is 20.2. The first-order valence-electron chi connectivity index (χ1n) is 10.6. The van der Waals surface area contributed by atoms with Gasteiger partial charge in [0.25, 0.3) is 0 Å². The van der Waals surface area contributed by atoms with E-state index in [9.17, 15) is 0 Å². The van der Waals surface area contributed by atoms with Gasteiger partial charge in [-0.2, -0.15) is 0 Å². The second kappa shape index (κ2) is 8.78. The number of benzene rings is 5. The van der Waals surface area contributed by atoms with Gasteiger partial charge in [-0.3, -0.25) is 0 Å². The predicted molar refractivity (Wildman–Crippen MR) is 141 cm³/mol.